The van der Waals surface area contributed by atoms with Gasteiger partial charge in [0.15, 0.2) is 0 Å². The van der Waals surface area contributed by atoms with Crippen molar-refractivity contribution in [3.8, 4) is 0 Å². The highest BCUT2D eigenvalue weighted by atomic mass is 16.2. The summed E-state index contributed by atoms with van der Waals surface area (Å²) in [7, 11) is 0. The Morgan fingerprint density at radius 3 is 2.31 bits per heavy atom. The molecule has 2 N–H and O–H groups in total. The molecule has 0 saturated carbocycles. The van der Waals surface area contributed by atoms with E-state index in [1.165, 1.54) is 0 Å². The predicted octanol–water partition coefficient (Wildman–Crippen LogP) is 1.94. The van der Waals surface area contributed by atoms with E-state index in [4.69, 9.17) is 5.73 Å². The van der Waals surface area contributed by atoms with Gasteiger partial charge < -0.3 is 10.6 Å². The van der Waals surface area contributed by atoms with Gasteiger partial charge in [-0.1, -0.05) is 30.3 Å². The zero-order valence-electron chi connectivity index (χ0n) is 10.2. The van der Waals surface area contributed by atoms with Crippen LogP contribution in [0.3, 0.4) is 0 Å². The van der Waals surface area contributed by atoms with Crippen LogP contribution in [0.4, 0.5) is 0 Å². The van der Waals surface area contributed by atoms with Gasteiger partial charge in [-0.2, -0.15) is 0 Å². The summed E-state index contributed by atoms with van der Waals surface area (Å²) in [6.45, 7) is 6.66. The number of amides is 1. The van der Waals surface area contributed by atoms with Crippen LogP contribution in [0.2, 0.25) is 0 Å². The Balaban J connectivity index is 2.81. The molecule has 1 aromatic rings. The number of rotatable bonds is 4. The molecule has 1 aromatic carbocycles. The number of carbonyl (C=O) groups is 1. The molecule has 0 aliphatic rings. The summed E-state index contributed by atoms with van der Waals surface area (Å²) in [5.41, 5.74) is 6.83. The first-order valence-corrected chi connectivity index (χ1v) is 5.69. The third-order valence-corrected chi connectivity index (χ3v) is 2.67. The maximum Gasteiger partial charge on any atom is 0.244 e. The fraction of sp³-hybridized carbons (Fsp3) is 0.462. The predicted molar refractivity (Wildman–Crippen MR) is 65.9 cm³/mol. The molecule has 0 radical (unpaired) electrons. The van der Waals surface area contributed by atoms with E-state index in [1.807, 2.05) is 51.1 Å². The number of benzene rings is 1. The van der Waals surface area contributed by atoms with Crippen LogP contribution in [0.15, 0.2) is 30.3 Å². The molecule has 3 nitrogen and oxygen atoms in total. The molecular weight excluding hydrogens is 200 g/mol. The highest BCUT2D eigenvalue weighted by molar-refractivity contribution is 5.83. The molecule has 0 aromatic heterocycles. The van der Waals surface area contributed by atoms with E-state index in [9.17, 15) is 4.79 Å². The Morgan fingerprint density at radius 2 is 1.88 bits per heavy atom. The SMILES string of the molecule is CCN(C(=O)[C@@H](N)c1ccccc1)C(C)C. The number of nitrogens with zero attached hydrogens (tertiary/aromatic N) is 1. The molecule has 0 aliphatic heterocycles. The van der Waals surface area contributed by atoms with Crippen molar-refractivity contribution in [3.63, 3.8) is 0 Å². The van der Waals surface area contributed by atoms with Crippen LogP contribution in [-0.2, 0) is 4.79 Å². The number of hydrogen-bond donors (Lipinski definition) is 1. The lowest BCUT2D eigenvalue weighted by Crippen LogP contribution is -2.42. The first kappa shape index (κ1) is 12.7. The summed E-state index contributed by atoms with van der Waals surface area (Å²) in [4.78, 5) is 13.9. The number of carbonyl (C=O) groups excluding carboxylic acids is 1. The highest BCUT2D eigenvalue weighted by Gasteiger charge is 2.22. The first-order chi connectivity index (χ1) is 7.57. The van der Waals surface area contributed by atoms with Gasteiger partial charge >= 0.3 is 0 Å². The van der Waals surface area contributed by atoms with Gasteiger partial charge in [0.1, 0.15) is 6.04 Å². The third-order valence-electron chi connectivity index (χ3n) is 2.67. The second kappa shape index (κ2) is 5.66. The Morgan fingerprint density at radius 1 is 1.31 bits per heavy atom. The van der Waals surface area contributed by atoms with E-state index in [-0.39, 0.29) is 11.9 Å². The quantitative estimate of drug-likeness (QED) is 0.843. The van der Waals surface area contributed by atoms with Gasteiger partial charge in [-0.15, -0.1) is 0 Å². The van der Waals surface area contributed by atoms with E-state index in [0.717, 1.165) is 5.56 Å². The summed E-state index contributed by atoms with van der Waals surface area (Å²) in [6, 6.07) is 9.12. The molecule has 0 bridgehead atoms. The first-order valence-electron chi connectivity index (χ1n) is 5.69. The minimum atomic E-state index is -0.552. The minimum Gasteiger partial charge on any atom is -0.339 e. The maximum absolute atomic E-state index is 12.1. The van der Waals surface area contributed by atoms with E-state index < -0.39 is 6.04 Å². The number of likely N-dealkylation sites (N-methyl/N-ethyl adjacent to an activating group) is 1. The molecule has 0 spiro atoms. The third kappa shape index (κ3) is 2.83. The van der Waals surface area contributed by atoms with Crippen molar-refractivity contribution in [3.05, 3.63) is 35.9 Å². The van der Waals surface area contributed by atoms with Crippen molar-refractivity contribution >= 4 is 5.91 Å². The van der Waals surface area contributed by atoms with Crippen molar-refractivity contribution in [2.45, 2.75) is 32.9 Å². The van der Waals surface area contributed by atoms with Gasteiger partial charge in [-0.05, 0) is 26.3 Å². The van der Waals surface area contributed by atoms with Gasteiger partial charge in [-0.3, -0.25) is 4.79 Å². The minimum absolute atomic E-state index is 0.0105. The Hall–Kier alpha value is -1.35. The second-order valence-electron chi connectivity index (χ2n) is 4.11. The second-order valence-corrected chi connectivity index (χ2v) is 4.11. The van der Waals surface area contributed by atoms with Crippen molar-refractivity contribution in [2.24, 2.45) is 5.73 Å². The van der Waals surface area contributed by atoms with Gasteiger partial charge in [0.05, 0.1) is 0 Å². The average Bonchev–Trinajstić information content (AvgIpc) is 2.29. The van der Waals surface area contributed by atoms with E-state index in [0.29, 0.717) is 6.54 Å². The summed E-state index contributed by atoms with van der Waals surface area (Å²) in [5.74, 6) is -0.0105. The van der Waals surface area contributed by atoms with E-state index in [1.54, 1.807) is 4.90 Å². The lowest BCUT2D eigenvalue weighted by atomic mass is 10.1. The molecule has 1 atom stereocenters. The lowest BCUT2D eigenvalue weighted by Gasteiger charge is -2.28. The molecule has 1 rings (SSSR count). The standard InChI is InChI=1S/C13H20N2O/c1-4-15(10(2)3)13(16)12(14)11-8-6-5-7-9-11/h5-10,12H,4,14H2,1-3H3/t12-/m0/s1. The van der Waals surface area contributed by atoms with Crippen molar-refractivity contribution in [2.75, 3.05) is 6.54 Å². The zero-order valence-corrected chi connectivity index (χ0v) is 10.2. The smallest absolute Gasteiger partial charge is 0.244 e. The van der Waals surface area contributed by atoms with Crippen LogP contribution in [0.25, 0.3) is 0 Å². The molecule has 88 valence electrons. The van der Waals surface area contributed by atoms with Crippen LogP contribution in [0.1, 0.15) is 32.4 Å². The van der Waals surface area contributed by atoms with Gasteiger partial charge in [0.2, 0.25) is 5.91 Å². The number of nitrogens with two attached hydrogens (primary N) is 1. The van der Waals surface area contributed by atoms with Crippen molar-refractivity contribution in [1.29, 1.82) is 0 Å². The normalized spacial score (nSPS) is 12.6. The Kier molecular flexibility index (Phi) is 4.50. The zero-order chi connectivity index (χ0) is 12.1. The molecule has 0 unspecified atom stereocenters. The fourth-order valence-electron chi connectivity index (χ4n) is 1.76. The maximum atomic E-state index is 12.1. The molecular formula is C13H20N2O. The molecule has 0 heterocycles. The van der Waals surface area contributed by atoms with Crippen LogP contribution < -0.4 is 5.73 Å². The lowest BCUT2D eigenvalue weighted by molar-refractivity contribution is -0.134. The topological polar surface area (TPSA) is 46.3 Å². The number of hydrogen-bond acceptors (Lipinski definition) is 2. The van der Waals surface area contributed by atoms with Gasteiger partial charge in [-0.25, -0.2) is 0 Å². The van der Waals surface area contributed by atoms with Crippen molar-refractivity contribution in [1.82, 2.24) is 4.90 Å². The molecule has 0 fully saturated rings. The fourth-order valence-corrected chi connectivity index (χ4v) is 1.76. The summed E-state index contributed by atoms with van der Waals surface area (Å²) >= 11 is 0. The largest absolute Gasteiger partial charge is 0.339 e. The van der Waals surface area contributed by atoms with Crippen LogP contribution in [0, 0.1) is 0 Å². The molecule has 3 heteroatoms. The Bertz CT molecular complexity index is 335. The summed E-state index contributed by atoms with van der Waals surface area (Å²) in [6.07, 6.45) is 0. The summed E-state index contributed by atoms with van der Waals surface area (Å²) in [5, 5.41) is 0. The van der Waals surface area contributed by atoms with Crippen LogP contribution in [0.5, 0.6) is 0 Å². The molecule has 1 amide bonds. The summed E-state index contributed by atoms with van der Waals surface area (Å²) < 4.78 is 0. The van der Waals surface area contributed by atoms with Gasteiger partial charge in [0.25, 0.3) is 0 Å². The molecule has 16 heavy (non-hydrogen) atoms. The monoisotopic (exact) mass is 220 g/mol. The average molecular weight is 220 g/mol. The van der Waals surface area contributed by atoms with Crippen molar-refractivity contribution < 1.29 is 4.79 Å². The molecule has 0 aliphatic carbocycles. The van der Waals surface area contributed by atoms with E-state index in [2.05, 4.69) is 0 Å². The van der Waals surface area contributed by atoms with E-state index >= 15 is 0 Å². The highest BCUT2D eigenvalue weighted by Crippen LogP contribution is 2.14. The van der Waals surface area contributed by atoms with Crippen LogP contribution >= 0.6 is 0 Å². The van der Waals surface area contributed by atoms with Crippen LogP contribution in [-0.4, -0.2) is 23.4 Å². The Labute approximate surface area is 97.2 Å². The molecule has 0 saturated heterocycles. The van der Waals surface area contributed by atoms with Gasteiger partial charge in [0, 0.05) is 12.6 Å².